The number of ether oxygens (including phenoxy) is 1. The Morgan fingerprint density at radius 2 is 1.54 bits per heavy atom. The highest BCUT2D eigenvalue weighted by Gasteiger charge is 2.22. The van der Waals surface area contributed by atoms with Crippen LogP contribution in [0.3, 0.4) is 0 Å². The zero-order valence-electron chi connectivity index (χ0n) is 14.1. The Morgan fingerprint density at radius 1 is 1.00 bits per heavy atom. The minimum Gasteiger partial charge on any atom is -0.508 e. The van der Waals surface area contributed by atoms with Gasteiger partial charge in [0, 0.05) is 25.7 Å². The van der Waals surface area contributed by atoms with Crippen molar-refractivity contribution < 1.29 is 35.1 Å². The van der Waals surface area contributed by atoms with Crippen LogP contribution in [0.5, 0.6) is 23.0 Å². The van der Waals surface area contributed by atoms with Crippen LogP contribution in [0, 0.1) is 0 Å². The number of hydrogen-bond acceptors (Lipinski definition) is 6. The van der Waals surface area contributed by atoms with E-state index < -0.39 is 12.1 Å². The van der Waals surface area contributed by atoms with Crippen molar-refractivity contribution in [2.75, 3.05) is 7.11 Å². The predicted octanol–water partition coefficient (Wildman–Crippen LogP) is 2.32. The summed E-state index contributed by atoms with van der Waals surface area (Å²) in [7, 11) is 1.36. The van der Waals surface area contributed by atoms with Crippen molar-refractivity contribution in [1.29, 1.82) is 0 Å². The first kappa shape index (κ1) is 19.1. The molecule has 0 bridgehead atoms. The molecular weight excluding hydrogens is 340 g/mol. The summed E-state index contributed by atoms with van der Waals surface area (Å²) in [5.41, 5.74) is 0.839. The van der Waals surface area contributed by atoms with Gasteiger partial charge >= 0.3 is 5.97 Å². The van der Waals surface area contributed by atoms with Crippen molar-refractivity contribution >= 4 is 5.97 Å². The molecule has 0 amide bonds. The first-order valence-corrected chi connectivity index (χ1v) is 7.79. The molecule has 0 saturated heterocycles. The second kappa shape index (κ2) is 8.26. The van der Waals surface area contributed by atoms with Crippen molar-refractivity contribution in [3.8, 4) is 23.0 Å². The SMILES string of the molecule is CO[C@@H](Cc1ccc(O)cc1O)C(=CCc1ccc(O)cc1O)C(=O)O. The van der Waals surface area contributed by atoms with Crippen LogP contribution >= 0.6 is 0 Å². The Kier molecular flexibility index (Phi) is 6.08. The number of carbonyl (C=O) groups is 1. The molecule has 0 heterocycles. The fourth-order valence-electron chi connectivity index (χ4n) is 2.55. The van der Waals surface area contributed by atoms with Gasteiger partial charge in [0.15, 0.2) is 0 Å². The van der Waals surface area contributed by atoms with E-state index in [0.29, 0.717) is 11.1 Å². The molecule has 7 nitrogen and oxygen atoms in total. The van der Waals surface area contributed by atoms with Crippen LogP contribution in [-0.4, -0.2) is 44.7 Å². The lowest BCUT2D eigenvalue weighted by atomic mass is 9.98. The maximum atomic E-state index is 11.6. The van der Waals surface area contributed by atoms with Gasteiger partial charge in [-0.25, -0.2) is 4.79 Å². The maximum Gasteiger partial charge on any atom is 0.333 e. The third-order valence-electron chi connectivity index (χ3n) is 3.96. The Bertz CT molecular complexity index is 827. The molecule has 7 heteroatoms. The van der Waals surface area contributed by atoms with Crippen molar-refractivity contribution in [1.82, 2.24) is 0 Å². The highest BCUT2D eigenvalue weighted by molar-refractivity contribution is 5.88. The fourth-order valence-corrected chi connectivity index (χ4v) is 2.55. The zero-order valence-corrected chi connectivity index (χ0v) is 14.1. The molecule has 0 radical (unpaired) electrons. The first-order chi connectivity index (χ1) is 12.3. The molecule has 2 aromatic carbocycles. The summed E-state index contributed by atoms with van der Waals surface area (Å²) in [4.78, 5) is 11.6. The molecule has 5 N–H and O–H groups in total. The lowest BCUT2D eigenvalue weighted by molar-refractivity contribution is -0.134. The summed E-state index contributed by atoms with van der Waals surface area (Å²) in [6.07, 6.45) is 0.777. The van der Waals surface area contributed by atoms with Gasteiger partial charge in [0.25, 0.3) is 0 Å². The van der Waals surface area contributed by atoms with Crippen LogP contribution in [0.2, 0.25) is 0 Å². The lowest BCUT2D eigenvalue weighted by Crippen LogP contribution is -2.23. The largest absolute Gasteiger partial charge is 0.508 e. The molecule has 0 aliphatic rings. The Labute approximate surface area is 150 Å². The van der Waals surface area contributed by atoms with Gasteiger partial charge in [-0.1, -0.05) is 18.2 Å². The van der Waals surface area contributed by atoms with E-state index in [1.165, 1.54) is 49.6 Å². The normalized spacial score (nSPS) is 12.7. The van der Waals surface area contributed by atoms with Crippen LogP contribution in [0.15, 0.2) is 48.0 Å². The second-order valence-corrected chi connectivity index (χ2v) is 5.72. The molecule has 2 rings (SSSR count). The van der Waals surface area contributed by atoms with Crippen molar-refractivity contribution in [3.05, 3.63) is 59.2 Å². The van der Waals surface area contributed by atoms with Crippen molar-refractivity contribution in [3.63, 3.8) is 0 Å². The van der Waals surface area contributed by atoms with E-state index in [1.807, 2.05) is 0 Å². The predicted molar refractivity (Wildman–Crippen MR) is 93.5 cm³/mol. The van der Waals surface area contributed by atoms with Crippen LogP contribution in [0.4, 0.5) is 0 Å². The van der Waals surface area contributed by atoms with E-state index in [-0.39, 0.29) is 41.4 Å². The highest BCUT2D eigenvalue weighted by Crippen LogP contribution is 2.27. The van der Waals surface area contributed by atoms with Gasteiger partial charge < -0.3 is 30.3 Å². The third kappa shape index (κ3) is 4.67. The molecule has 2 aromatic rings. The fraction of sp³-hybridized carbons (Fsp3) is 0.211. The molecule has 0 saturated carbocycles. The molecule has 0 spiro atoms. The van der Waals surface area contributed by atoms with E-state index in [0.717, 1.165) is 0 Å². The van der Waals surface area contributed by atoms with Gasteiger partial charge in [-0.15, -0.1) is 0 Å². The number of phenolic OH excluding ortho intramolecular Hbond substituents is 4. The number of hydrogen-bond donors (Lipinski definition) is 5. The minimum absolute atomic E-state index is 0.0348. The molecule has 1 atom stereocenters. The molecular formula is C19H20O7. The first-order valence-electron chi connectivity index (χ1n) is 7.79. The molecule has 0 unspecified atom stereocenters. The van der Waals surface area contributed by atoms with Crippen LogP contribution < -0.4 is 0 Å². The Balaban J connectivity index is 2.26. The molecule has 26 heavy (non-hydrogen) atoms. The van der Waals surface area contributed by atoms with Crippen molar-refractivity contribution in [2.24, 2.45) is 0 Å². The number of aliphatic carboxylic acids is 1. The minimum atomic E-state index is -1.19. The van der Waals surface area contributed by atoms with Gasteiger partial charge in [-0.05, 0) is 29.7 Å². The van der Waals surface area contributed by atoms with Gasteiger partial charge in [0.2, 0.25) is 0 Å². The van der Waals surface area contributed by atoms with E-state index in [4.69, 9.17) is 4.74 Å². The average molecular weight is 360 g/mol. The zero-order chi connectivity index (χ0) is 19.3. The quantitative estimate of drug-likeness (QED) is 0.479. The topological polar surface area (TPSA) is 127 Å². The van der Waals surface area contributed by atoms with Crippen LogP contribution in [0.1, 0.15) is 11.1 Å². The molecule has 0 fully saturated rings. The number of carboxylic acid groups (broad SMARTS) is 1. The summed E-state index contributed by atoms with van der Waals surface area (Å²) in [5, 5.41) is 47.9. The molecule has 138 valence electrons. The third-order valence-corrected chi connectivity index (χ3v) is 3.96. The van der Waals surface area contributed by atoms with Crippen LogP contribution in [-0.2, 0) is 22.4 Å². The number of methoxy groups -OCH3 is 1. The number of phenols is 4. The summed E-state index contributed by atoms with van der Waals surface area (Å²) in [6.45, 7) is 0. The molecule has 0 aliphatic carbocycles. The maximum absolute atomic E-state index is 11.6. The Hall–Kier alpha value is -3.19. The Morgan fingerprint density at radius 3 is 2.00 bits per heavy atom. The summed E-state index contributed by atoms with van der Waals surface area (Å²) >= 11 is 0. The summed E-state index contributed by atoms with van der Waals surface area (Å²) in [6, 6.07) is 8.11. The van der Waals surface area contributed by atoms with E-state index in [1.54, 1.807) is 0 Å². The monoisotopic (exact) mass is 360 g/mol. The standard InChI is InChI=1S/C19H20O7/c1-26-18(8-12-3-6-14(21)10-17(12)23)15(19(24)25)7-4-11-2-5-13(20)9-16(11)22/h2-3,5-7,9-10,18,20-23H,4,8H2,1H3,(H,24,25)/t18-/m0/s1. The molecule has 0 aliphatic heterocycles. The van der Waals surface area contributed by atoms with E-state index in [9.17, 15) is 30.3 Å². The van der Waals surface area contributed by atoms with Crippen LogP contribution in [0.25, 0.3) is 0 Å². The van der Waals surface area contributed by atoms with Gasteiger partial charge in [-0.3, -0.25) is 0 Å². The number of aromatic hydroxyl groups is 4. The van der Waals surface area contributed by atoms with Gasteiger partial charge in [0.1, 0.15) is 23.0 Å². The van der Waals surface area contributed by atoms with Gasteiger partial charge in [0.05, 0.1) is 11.7 Å². The number of carboxylic acids is 1. The molecule has 0 aromatic heterocycles. The number of allylic oxidation sites excluding steroid dienone is 1. The van der Waals surface area contributed by atoms with Crippen molar-refractivity contribution in [2.45, 2.75) is 18.9 Å². The summed E-state index contributed by atoms with van der Waals surface area (Å²) in [5.74, 6) is -1.68. The number of benzene rings is 2. The van der Waals surface area contributed by atoms with E-state index >= 15 is 0 Å². The lowest BCUT2D eigenvalue weighted by Gasteiger charge is -2.17. The highest BCUT2D eigenvalue weighted by atomic mass is 16.5. The van der Waals surface area contributed by atoms with E-state index in [2.05, 4.69) is 0 Å². The smallest absolute Gasteiger partial charge is 0.333 e. The number of rotatable bonds is 7. The summed E-state index contributed by atoms with van der Waals surface area (Å²) < 4.78 is 5.28. The second-order valence-electron chi connectivity index (χ2n) is 5.72. The van der Waals surface area contributed by atoms with Gasteiger partial charge in [-0.2, -0.15) is 0 Å². The average Bonchev–Trinajstić information content (AvgIpc) is 2.57.